The monoisotopic (exact) mass is 366 g/mol. The fourth-order valence-electron chi connectivity index (χ4n) is 3.61. The van der Waals surface area contributed by atoms with Crippen LogP contribution in [0.5, 0.6) is 0 Å². The number of benzene rings is 1. The van der Waals surface area contributed by atoms with Crippen LogP contribution in [0, 0.1) is 13.8 Å². The quantitative estimate of drug-likeness (QED) is 0.769. The molecule has 1 aliphatic heterocycles. The summed E-state index contributed by atoms with van der Waals surface area (Å²) in [6, 6.07) is 7.60. The van der Waals surface area contributed by atoms with Crippen molar-refractivity contribution in [1.82, 2.24) is 20.1 Å². The fourth-order valence-corrected chi connectivity index (χ4v) is 3.61. The molecule has 1 aromatic carbocycles. The van der Waals surface area contributed by atoms with Crippen molar-refractivity contribution in [2.24, 2.45) is 0 Å². The molecule has 1 saturated heterocycles. The molecule has 0 spiro atoms. The van der Waals surface area contributed by atoms with Gasteiger partial charge >= 0.3 is 0 Å². The molecule has 0 atom stereocenters. The van der Waals surface area contributed by atoms with E-state index in [2.05, 4.69) is 15.2 Å². The van der Waals surface area contributed by atoms with Crippen LogP contribution < -0.4 is 5.56 Å². The Morgan fingerprint density at radius 3 is 2.70 bits per heavy atom. The maximum absolute atomic E-state index is 12.7. The van der Waals surface area contributed by atoms with Crippen LogP contribution in [0.15, 0.2) is 33.5 Å². The highest BCUT2D eigenvalue weighted by Crippen LogP contribution is 2.27. The van der Waals surface area contributed by atoms with Gasteiger partial charge in [0.1, 0.15) is 0 Å². The molecule has 27 heavy (non-hydrogen) atoms. The zero-order valence-corrected chi connectivity index (χ0v) is 15.5. The van der Waals surface area contributed by atoms with Crippen LogP contribution >= 0.6 is 0 Å². The van der Waals surface area contributed by atoms with Crippen molar-refractivity contribution in [1.29, 1.82) is 0 Å². The van der Waals surface area contributed by atoms with Crippen molar-refractivity contribution in [2.75, 3.05) is 13.1 Å². The largest absolute Gasteiger partial charge is 0.425 e. The van der Waals surface area contributed by atoms with E-state index >= 15 is 0 Å². The Kier molecular flexibility index (Phi) is 4.51. The van der Waals surface area contributed by atoms with Gasteiger partial charge in [0, 0.05) is 37.0 Å². The lowest BCUT2D eigenvalue weighted by molar-refractivity contribution is -0.131. The third kappa shape index (κ3) is 3.63. The topological polar surface area (TPSA) is 92.1 Å². The number of piperidine rings is 1. The summed E-state index contributed by atoms with van der Waals surface area (Å²) in [6.07, 6.45) is 2.04. The van der Waals surface area contributed by atoms with E-state index in [0.29, 0.717) is 36.9 Å². The van der Waals surface area contributed by atoms with E-state index in [0.717, 1.165) is 29.3 Å². The van der Waals surface area contributed by atoms with Gasteiger partial charge in [-0.2, -0.15) is 0 Å². The Labute approximate surface area is 156 Å². The van der Waals surface area contributed by atoms with Crippen molar-refractivity contribution >= 4 is 16.8 Å². The van der Waals surface area contributed by atoms with Gasteiger partial charge in [0.25, 0.3) is 5.56 Å². The number of amides is 1. The van der Waals surface area contributed by atoms with Gasteiger partial charge in [-0.25, -0.2) is 0 Å². The number of carbonyl (C=O) groups is 1. The number of rotatable bonds is 3. The lowest BCUT2D eigenvalue weighted by Crippen LogP contribution is -2.38. The van der Waals surface area contributed by atoms with Crippen LogP contribution in [0.2, 0.25) is 0 Å². The molecule has 0 bridgehead atoms. The van der Waals surface area contributed by atoms with Crippen LogP contribution in [0.3, 0.4) is 0 Å². The summed E-state index contributed by atoms with van der Waals surface area (Å²) in [7, 11) is 0. The number of pyridine rings is 1. The van der Waals surface area contributed by atoms with E-state index < -0.39 is 0 Å². The number of aryl methyl sites for hydroxylation is 2. The highest BCUT2D eigenvalue weighted by atomic mass is 16.4. The van der Waals surface area contributed by atoms with Gasteiger partial charge < -0.3 is 14.3 Å². The second kappa shape index (κ2) is 6.98. The SMILES string of the molecule is Cc1nnc(C2CCN(C(=O)Cc3ccc4[nH]c(=O)c(C)cc4c3)CC2)o1. The minimum absolute atomic E-state index is 0.0781. The highest BCUT2D eigenvalue weighted by Gasteiger charge is 2.27. The molecular formula is C20H22N4O3. The number of nitrogens with one attached hydrogen (secondary N) is 1. The average molecular weight is 366 g/mol. The van der Waals surface area contributed by atoms with E-state index in [-0.39, 0.29) is 17.4 Å². The number of hydrogen-bond acceptors (Lipinski definition) is 5. The third-order valence-corrected chi connectivity index (χ3v) is 5.19. The first-order valence-electron chi connectivity index (χ1n) is 9.20. The number of likely N-dealkylation sites (tertiary alicyclic amines) is 1. The number of carbonyl (C=O) groups excluding carboxylic acids is 1. The number of H-pyrrole nitrogens is 1. The molecule has 0 radical (unpaired) electrons. The standard InChI is InChI=1S/C20H22N4O3/c1-12-9-16-10-14(3-4-17(16)21-19(12)26)11-18(25)24-7-5-15(6-8-24)20-23-22-13(2)27-20/h3-4,9-10,15H,5-8,11H2,1-2H3,(H,21,26). The van der Waals surface area contributed by atoms with Gasteiger partial charge in [-0.3, -0.25) is 9.59 Å². The second-order valence-corrected chi connectivity index (χ2v) is 7.19. The van der Waals surface area contributed by atoms with E-state index in [1.54, 1.807) is 13.8 Å². The molecule has 1 aliphatic rings. The molecule has 7 heteroatoms. The molecule has 4 rings (SSSR count). The van der Waals surface area contributed by atoms with Crippen LogP contribution in [0.4, 0.5) is 0 Å². The molecule has 0 unspecified atom stereocenters. The summed E-state index contributed by atoms with van der Waals surface area (Å²) >= 11 is 0. The number of aromatic nitrogens is 3. The minimum Gasteiger partial charge on any atom is -0.425 e. The summed E-state index contributed by atoms with van der Waals surface area (Å²) < 4.78 is 5.52. The lowest BCUT2D eigenvalue weighted by atomic mass is 9.96. The van der Waals surface area contributed by atoms with Crippen molar-refractivity contribution in [3.05, 3.63) is 57.5 Å². The Morgan fingerprint density at radius 1 is 1.22 bits per heavy atom. The van der Waals surface area contributed by atoms with Crippen molar-refractivity contribution in [3.63, 3.8) is 0 Å². The Morgan fingerprint density at radius 2 is 2.00 bits per heavy atom. The van der Waals surface area contributed by atoms with E-state index in [4.69, 9.17) is 4.42 Å². The van der Waals surface area contributed by atoms with Crippen LogP contribution in [0.25, 0.3) is 10.9 Å². The third-order valence-electron chi connectivity index (χ3n) is 5.19. The lowest BCUT2D eigenvalue weighted by Gasteiger charge is -2.30. The zero-order chi connectivity index (χ0) is 19.0. The van der Waals surface area contributed by atoms with E-state index in [1.165, 1.54) is 0 Å². The number of fused-ring (bicyclic) bond motifs is 1. The maximum atomic E-state index is 12.7. The zero-order valence-electron chi connectivity index (χ0n) is 15.5. The molecule has 1 N–H and O–H groups in total. The van der Waals surface area contributed by atoms with Gasteiger partial charge in [-0.1, -0.05) is 6.07 Å². The summed E-state index contributed by atoms with van der Waals surface area (Å²) in [5.41, 5.74) is 2.33. The summed E-state index contributed by atoms with van der Waals surface area (Å²) in [4.78, 5) is 29.1. The molecule has 0 aliphatic carbocycles. The highest BCUT2D eigenvalue weighted by molar-refractivity contribution is 5.83. The van der Waals surface area contributed by atoms with E-state index in [9.17, 15) is 9.59 Å². The first-order chi connectivity index (χ1) is 13.0. The minimum atomic E-state index is -0.0781. The first-order valence-corrected chi connectivity index (χ1v) is 9.20. The maximum Gasteiger partial charge on any atom is 0.251 e. The van der Waals surface area contributed by atoms with Crippen molar-refractivity contribution in [3.8, 4) is 0 Å². The molecule has 3 aromatic rings. The molecule has 1 fully saturated rings. The van der Waals surface area contributed by atoms with Gasteiger partial charge in [0.05, 0.1) is 6.42 Å². The van der Waals surface area contributed by atoms with Gasteiger partial charge in [0.2, 0.25) is 17.7 Å². The Hall–Kier alpha value is -2.96. The van der Waals surface area contributed by atoms with Crippen LogP contribution in [-0.2, 0) is 11.2 Å². The molecule has 1 amide bonds. The number of aromatic amines is 1. The van der Waals surface area contributed by atoms with E-state index in [1.807, 2.05) is 29.2 Å². The van der Waals surface area contributed by atoms with Crippen LogP contribution in [-0.4, -0.2) is 39.1 Å². The molecule has 0 saturated carbocycles. The normalized spacial score (nSPS) is 15.4. The Balaban J connectivity index is 1.41. The molecule has 7 nitrogen and oxygen atoms in total. The second-order valence-electron chi connectivity index (χ2n) is 7.19. The number of nitrogens with zero attached hydrogens (tertiary/aromatic N) is 3. The van der Waals surface area contributed by atoms with Gasteiger partial charge in [0.15, 0.2) is 0 Å². The predicted octanol–water partition coefficient (Wildman–Crippen LogP) is 2.48. The van der Waals surface area contributed by atoms with Crippen molar-refractivity contribution in [2.45, 2.75) is 39.0 Å². The first kappa shape index (κ1) is 17.5. The molecule has 2 aromatic heterocycles. The smallest absolute Gasteiger partial charge is 0.251 e. The molecule has 3 heterocycles. The number of hydrogen-bond donors (Lipinski definition) is 1. The summed E-state index contributed by atoms with van der Waals surface area (Å²) in [5.74, 6) is 1.61. The average Bonchev–Trinajstić information content (AvgIpc) is 3.09. The van der Waals surface area contributed by atoms with Crippen LogP contribution in [0.1, 0.15) is 41.7 Å². The predicted molar refractivity (Wildman–Crippen MR) is 101 cm³/mol. The summed E-state index contributed by atoms with van der Waals surface area (Å²) in [5, 5.41) is 8.94. The van der Waals surface area contributed by atoms with Crippen molar-refractivity contribution < 1.29 is 9.21 Å². The van der Waals surface area contributed by atoms with Gasteiger partial charge in [-0.15, -0.1) is 10.2 Å². The molecule has 140 valence electrons. The Bertz CT molecular complexity index is 1040. The van der Waals surface area contributed by atoms with Gasteiger partial charge in [-0.05, 0) is 48.9 Å². The summed E-state index contributed by atoms with van der Waals surface area (Å²) in [6.45, 7) is 4.97. The molecular weight excluding hydrogens is 344 g/mol. The fraction of sp³-hybridized carbons (Fsp3) is 0.400.